The molecule has 2 aliphatic rings. The first kappa shape index (κ1) is 21.2. The van der Waals surface area contributed by atoms with Crippen LogP contribution in [0.4, 0.5) is 0 Å². The molecule has 0 heterocycles. The molecule has 0 amide bonds. The Morgan fingerprint density at radius 2 is 1.62 bits per heavy atom. The van der Waals surface area contributed by atoms with Crippen molar-refractivity contribution >= 4 is 11.9 Å². The van der Waals surface area contributed by atoms with Crippen molar-refractivity contribution in [2.45, 2.75) is 92.1 Å². The third-order valence-corrected chi connectivity index (χ3v) is 6.63. The molecule has 26 heavy (non-hydrogen) atoms. The van der Waals surface area contributed by atoms with Crippen molar-refractivity contribution in [3.63, 3.8) is 0 Å². The van der Waals surface area contributed by atoms with E-state index in [1.54, 1.807) is 0 Å². The summed E-state index contributed by atoms with van der Waals surface area (Å²) in [6, 6.07) is 0. The molecule has 2 aliphatic carbocycles. The predicted octanol–water partition coefficient (Wildman–Crippen LogP) is 5.30. The van der Waals surface area contributed by atoms with Crippen molar-refractivity contribution in [2.24, 2.45) is 35.0 Å². The molecule has 2 saturated carbocycles. The van der Waals surface area contributed by atoms with Gasteiger partial charge in [-0.15, -0.1) is 0 Å². The quantitative estimate of drug-likeness (QED) is 0.671. The highest BCUT2D eigenvalue weighted by Crippen LogP contribution is 2.40. The second kappa shape index (κ2) is 8.75. The van der Waals surface area contributed by atoms with Crippen molar-refractivity contribution in [3.05, 3.63) is 0 Å². The van der Waals surface area contributed by atoms with Gasteiger partial charge in [0.05, 0.1) is 11.8 Å². The van der Waals surface area contributed by atoms with Crippen LogP contribution in [0.15, 0.2) is 0 Å². The van der Waals surface area contributed by atoms with Gasteiger partial charge in [0.15, 0.2) is 0 Å². The zero-order chi connectivity index (χ0) is 19.5. The Bertz CT molecular complexity index is 493. The molecule has 4 nitrogen and oxygen atoms in total. The van der Waals surface area contributed by atoms with Crippen LogP contribution in [0.3, 0.4) is 0 Å². The number of hydrogen-bond donors (Lipinski definition) is 1. The Morgan fingerprint density at radius 3 is 2.15 bits per heavy atom. The van der Waals surface area contributed by atoms with E-state index in [1.807, 2.05) is 0 Å². The summed E-state index contributed by atoms with van der Waals surface area (Å²) in [6.45, 7) is 11.2. The van der Waals surface area contributed by atoms with Crippen molar-refractivity contribution in [2.75, 3.05) is 0 Å². The second-order valence-electron chi connectivity index (χ2n) is 10.1. The molecule has 6 atom stereocenters. The summed E-state index contributed by atoms with van der Waals surface area (Å²) in [6.07, 6.45) is 7.20. The van der Waals surface area contributed by atoms with Crippen LogP contribution in [0.5, 0.6) is 0 Å². The van der Waals surface area contributed by atoms with Crippen molar-refractivity contribution < 1.29 is 19.4 Å². The van der Waals surface area contributed by atoms with Gasteiger partial charge < -0.3 is 9.84 Å². The zero-order valence-electron chi connectivity index (χ0n) is 17.3. The van der Waals surface area contributed by atoms with E-state index in [4.69, 9.17) is 4.74 Å². The summed E-state index contributed by atoms with van der Waals surface area (Å²) >= 11 is 0. The molecule has 0 saturated heterocycles. The standard InChI is InChI=1S/C22H38O4/c1-14-10-11-16(12-15(14)2)19(13-22(3,4)5)26-21(25)18-9-7-6-8-17(18)20(23)24/h14-19H,6-13H2,1-5H3,(H,23,24). The van der Waals surface area contributed by atoms with Gasteiger partial charge in [0.25, 0.3) is 0 Å². The molecular formula is C22H38O4. The van der Waals surface area contributed by atoms with Gasteiger partial charge in [-0.2, -0.15) is 0 Å². The summed E-state index contributed by atoms with van der Waals surface area (Å²) in [5.41, 5.74) is 0.0794. The van der Waals surface area contributed by atoms with E-state index in [0.717, 1.165) is 38.0 Å². The summed E-state index contributed by atoms with van der Waals surface area (Å²) < 4.78 is 6.07. The minimum absolute atomic E-state index is 0.0794. The highest BCUT2D eigenvalue weighted by molar-refractivity contribution is 5.81. The number of esters is 1. The summed E-state index contributed by atoms with van der Waals surface area (Å²) in [7, 11) is 0. The Labute approximate surface area is 159 Å². The monoisotopic (exact) mass is 366 g/mol. The lowest BCUT2D eigenvalue weighted by Gasteiger charge is -2.39. The maximum atomic E-state index is 12.9. The van der Waals surface area contributed by atoms with Crippen LogP contribution in [-0.4, -0.2) is 23.1 Å². The Morgan fingerprint density at radius 1 is 1.00 bits per heavy atom. The first-order chi connectivity index (χ1) is 12.1. The molecule has 4 heteroatoms. The van der Waals surface area contributed by atoms with Gasteiger partial charge in [-0.3, -0.25) is 9.59 Å². The maximum absolute atomic E-state index is 12.9. The van der Waals surface area contributed by atoms with Crippen LogP contribution in [0, 0.1) is 35.0 Å². The number of carbonyl (C=O) groups is 2. The molecule has 6 unspecified atom stereocenters. The fraction of sp³-hybridized carbons (Fsp3) is 0.909. The fourth-order valence-corrected chi connectivity index (χ4v) is 4.78. The highest BCUT2D eigenvalue weighted by Gasteiger charge is 2.40. The van der Waals surface area contributed by atoms with Crippen molar-refractivity contribution in [1.82, 2.24) is 0 Å². The van der Waals surface area contributed by atoms with Gasteiger partial charge in [0.2, 0.25) is 0 Å². The van der Waals surface area contributed by atoms with Crippen LogP contribution in [-0.2, 0) is 14.3 Å². The van der Waals surface area contributed by atoms with E-state index in [0.29, 0.717) is 24.7 Å². The van der Waals surface area contributed by atoms with E-state index in [2.05, 4.69) is 34.6 Å². The number of carboxylic acid groups (broad SMARTS) is 1. The average Bonchev–Trinajstić information content (AvgIpc) is 2.55. The van der Waals surface area contributed by atoms with E-state index >= 15 is 0 Å². The minimum Gasteiger partial charge on any atom is -0.481 e. The summed E-state index contributed by atoms with van der Waals surface area (Å²) in [5.74, 6) is -0.378. The van der Waals surface area contributed by atoms with Gasteiger partial charge in [-0.1, -0.05) is 53.9 Å². The van der Waals surface area contributed by atoms with Crippen molar-refractivity contribution in [1.29, 1.82) is 0 Å². The average molecular weight is 367 g/mol. The number of carboxylic acids is 1. The van der Waals surface area contributed by atoms with E-state index < -0.39 is 17.8 Å². The zero-order valence-corrected chi connectivity index (χ0v) is 17.3. The molecule has 1 N–H and O–H groups in total. The van der Waals surface area contributed by atoms with E-state index in [-0.39, 0.29) is 17.5 Å². The molecule has 0 aromatic heterocycles. The molecule has 0 aromatic carbocycles. The number of ether oxygens (including phenoxy) is 1. The van der Waals surface area contributed by atoms with Crippen LogP contribution >= 0.6 is 0 Å². The topological polar surface area (TPSA) is 63.6 Å². The second-order valence-corrected chi connectivity index (χ2v) is 10.1. The number of hydrogen-bond acceptors (Lipinski definition) is 3. The first-order valence-corrected chi connectivity index (χ1v) is 10.5. The van der Waals surface area contributed by atoms with Gasteiger partial charge in [-0.25, -0.2) is 0 Å². The molecule has 150 valence electrons. The largest absolute Gasteiger partial charge is 0.481 e. The Kier molecular flexibility index (Phi) is 7.15. The lowest BCUT2D eigenvalue weighted by molar-refractivity contribution is -0.168. The fourth-order valence-electron chi connectivity index (χ4n) is 4.78. The molecule has 0 radical (unpaired) electrons. The number of carbonyl (C=O) groups excluding carboxylic acids is 1. The first-order valence-electron chi connectivity index (χ1n) is 10.5. The van der Waals surface area contributed by atoms with Gasteiger partial charge in [-0.05, 0) is 55.3 Å². The van der Waals surface area contributed by atoms with E-state index in [9.17, 15) is 14.7 Å². The lowest BCUT2D eigenvalue weighted by atomic mass is 9.71. The molecule has 0 spiro atoms. The van der Waals surface area contributed by atoms with Gasteiger partial charge >= 0.3 is 11.9 Å². The highest BCUT2D eigenvalue weighted by atomic mass is 16.5. The van der Waals surface area contributed by atoms with Crippen LogP contribution in [0.2, 0.25) is 0 Å². The Hall–Kier alpha value is -1.06. The third kappa shape index (κ3) is 5.72. The van der Waals surface area contributed by atoms with Crippen LogP contribution in [0.25, 0.3) is 0 Å². The van der Waals surface area contributed by atoms with Gasteiger partial charge in [0, 0.05) is 0 Å². The smallest absolute Gasteiger partial charge is 0.310 e. The normalized spacial score (nSPS) is 34.1. The Balaban J connectivity index is 2.10. The van der Waals surface area contributed by atoms with Gasteiger partial charge in [0.1, 0.15) is 6.10 Å². The molecular weight excluding hydrogens is 328 g/mol. The minimum atomic E-state index is -0.848. The number of aliphatic carboxylic acids is 1. The number of rotatable bonds is 5. The molecule has 2 fully saturated rings. The SMILES string of the molecule is CC1CCC(C(CC(C)(C)C)OC(=O)C2CCCCC2C(=O)O)CC1C. The lowest BCUT2D eigenvalue weighted by Crippen LogP contribution is -2.40. The van der Waals surface area contributed by atoms with Crippen molar-refractivity contribution in [3.8, 4) is 0 Å². The van der Waals surface area contributed by atoms with E-state index in [1.165, 1.54) is 6.42 Å². The summed E-state index contributed by atoms with van der Waals surface area (Å²) in [5, 5.41) is 9.48. The maximum Gasteiger partial charge on any atom is 0.310 e. The predicted molar refractivity (Wildman–Crippen MR) is 103 cm³/mol. The third-order valence-electron chi connectivity index (χ3n) is 6.63. The summed E-state index contributed by atoms with van der Waals surface area (Å²) in [4.78, 5) is 24.5. The van der Waals surface area contributed by atoms with Crippen LogP contribution < -0.4 is 0 Å². The molecule has 0 bridgehead atoms. The molecule has 2 rings (SSSR count). The molecule has 0 aromatic rings. The van der Waals surface area contributed by atoms with Crippen LogP contribution in [0.1, 0.15) is 86.0 Å². The molecule has 0 aliphatic heterocycles.